The summed E-state index contributed by atoms with van der Waals surface area (Å²) in [6, 6.07) is 4.83. The molecule has 1 fully saturated rings. The summed E-state index contributed by atoms with van der Waals surface area (Å²) in [7, 11) is 0. The van der Waals surface area contributed by atoms with Gasteiger partial charge in [0.15, 0.2) is 6.61 Å². The summed E-state index contributed by atoms with van der Waals surface area (Å²) in [6.07, 6.45) is -2.32. The minimum Gasteiger partial charge on any atom is -0.484 e. The Morgan fingerprint density at radius 3 is 2.62 bits per heavy atom. The zero-order valence-corrected chi connectivity index (χ0v) is 14.4. The molecular weight excluding hydrogens is 351 g/mol. The van der Waals surface area contributed by atoms with Crippen molar-refractivity contribution >= 4 is 11.9 Å². The molecule has 0 radical (unpaired) electrons. The van der Waals surface area contributed by atoms with Crippen molar-refractivity contribution in [2.45, 2.75) is 45.3 Å². The topological polar surface area (TPSA) is 75.6 Å². The summed E-state index contributed by atoms with van der Waals surface area (Å²) in [5.41, 5.74) is 1.19. The highest BCUT2D eigenvalue weighted by atomic mass is 19.4. The van der Waals surface area contributed by atoms with Crippen molar-refractivity contribution < 1.29 is 32.6 Å². The Hall–Kier alpha value is -2.25. The number of amides is 1. The van der Waals surface area contributed by atoms with Crippen molar-refractivity contribution in [3.8, 4) is 5.75 Å². The van der Waals surface area contributed by atoms with Crippen LogP contribution in [0.5, 0.6) is 5.75 Å². The molecule has 0 saturated heterocycles. The maximum atomic E-state index is 12.4. The number of aliphatic carboxylic acids is 1. The Balaban J connectivity index is 1.97. The first-order valence-corrected chi connectivity index (χ1v) is 8.45. The smallest absolute Gasteiger partial charge is 0.422 e. The van der Waals surface area contributed by atoms with Crippen molar-refractivity contribution in [3.05, 3.63) is 29.3 Å². The summed E-state index contributed by atoms with van der Waals surface area (Å²) in [4.78, 5) is 23.4. The number of carbonyl (C=O) groups excluding carboxylic acids is 1. The Morgan fingerprint density at radius 2 is 1.96 bits per heavy atom. The van der Waals surface area contributed by atoms with E-state index in [9.17, 15) is 22.8 Å². The van der Waals surface area contributed by atoms with E-state index in [2.05, 4.69) is 5.32 Å². The molecule has 1 saturated carbocycles. The third-order valence-corrected chi connectivity index (χ3v) is 4.46. The van der Waals surface area contributed by atoms with Crippen molar-refractivity contribution in [2.24, 2.45) is 11.8 Å². The summed E-state index contributed by atoms with van der Waals surface area (Å²) in [5.74, 6) is -2.02. The van der Waals surface area contributed by atoms with Crippen molar-refractivity contribution in [1.29, 1.82) is 0 Å². The average Bonchev–Trinajstić information content (AvgIpc) is 2.58. The second-order valence-electron chi connectivity index (χ2n) is 6.63. The molecule has 1 aliphatic rings. The van der Waals surface area contributed by atoms with Gasteiger partial charge in [0.05, 0.1) is 5.92 Å². The Kier molecular flexibility index (Phi) is 6.50. The molecule has 2 unspecified atom stereocenters. The van der Waals surface area contributed by atoms with E-state index < -0.39 is 30.6 Å². The van der Waals surface area contributed by atoms with Crippen molar-refractivity contribution in [2.75, 3.05) is 6.61 Å². The molecular formula is C18H22F3NO4. The zero-order valence-electron chi connectivity index (χ0n) is 14.4. The van der Waals surface area contributed by atoms with Crippen LogP contribution in [-0.4, -0.2) is 29.8 Å². The van der Waals surface area contributed by atoms with Gasteiger partial charge >= 0.3 is 12.1 Å². The minimum absolute atomic E-state index is 0.0283. The van der Waals surface area contributed by atoms with Crippen LogP contribution in [0.3, 0.4) is 0 Å². The fourth-order valence-electron chi connectivity index (χ4n) is 3.08. The number of carboxylic acids is 1. The molecule has 0 bridgehead atoms. The quantitative estimate of drug-likeness (QED) is 0.801. The normalized spacial score (nSPS) is 20.5. The monoisotopic (exact) mass is 373 g/mol. The lowest BCUT2D eigenvalue weighted by Gasteiger charge is -2.25. The summed E-state index contributed by atoms with van der Waals surface area (Å²) < 4.78 is 42.0. The molecule has 2 rings (SSSR count). The average molecular weight is 373 g/mol. The molecule has 5 nitrogen and oxygen atoms in total. The van der Waals surface area contributed by atoms with E-state index in [1.807, 2.05) is 0 Å². The molecule has 26 heavy (non-hydrogen) atoms. The van der Waals surface area contributed by atoms with E-state index in [0.29, 0.717) is 24.8 Å². The second-order valence-corrected chi connectivity index (χ2v) is 6.63. The fraction of sp³-hybridized carbons (Fsp3) is 0.556. The molecule has 0 aliphatic heterocycles. The number of hydrogen-bond acceptors (Lipinski definition) is 3. The number of carbonyl (C=O) groups is 2. The molecule has 1 aromatic rings. The fourth-order valence-corrected chi connectivity index (χ4v) is 3.08. The van der Waals surface area contributed by atoms with Crippen LogP contribution < -0.4 is 10.1 Å². The zero-order chi connectivity index (χ0) is 19.3. The lowest BCUT2D eigenvalue weighted by Crippen LogP contribution is -2.35. The number of carboxylic acid groups (broad SMARTS) is 1. The summed E-state index contributed by atoms with van der Waals surface area (Å²) in [6.45, 7) is 0.359. The maximum absolute atomic E-state index is 12.4. The van der Waals surface area contributed by atoms with Gasteiger partial charge in [0.2, 0.25) is 5.91 Å². The molecule has 1 aromatic carbocycles. The number of hydrogen-bond donors (Lipinski definition) is 2. The molecule has 0 heterocycles. The molecule has 144 valence electrons. The van der Waals surface area contributed by atoms with Crippen LogP contribution in [0.1, 0.15) is 36.8 Å². The third kappa shape index (κ3) is 5.93. The van der Waals surface area contributed by atoms with Crippen LogP contribution in [-0.2, 0) is 16.1 Å². The summed E-state index contributed by atoms with van der Waals surface area (Å²) in [5, 5.41) is 11.8. The van der Waals surface area contributed by atoms with E-state index in [-0.39, 0.29) is 24.6 Å². The number of ether oxygens (including phenoxy) is 1. The van der Waals surface area contributed by atoms with Crippen LogP contribution in [0.4, 0.5) is 13.2 Å². The molecule has 8 heteroatoms. The van der Waals surface area contributed by atoms with Gasteiger partial charge in [-0.25, -0.2) is 0 Å². The first kappa shape index (κ1) is 20.1. The molecule has 2 N–H and O–H groups in total. The highest BCUT2D eigenvalue weighted by molar-refractivity contribution is 5.80. The Bertz CT molecular complexity index is 660. The van der Waals surface area contributed by atoms with Crippen LogP contribution in [0.15, 0.2) is 18.2 Å². The van der Waals surface area contributed by atoms with Crippen LogP contribution in [0.2, 0.25) is 0 Å². The highest BCUT2D eigenvalue weighted by Gasteiger charge is 2.31. The SMILES string of the molecule is Cc1ccc(CNC(=O)C2CCCC(C(=O)O)C2)c(OCC(F)(F)F)c1. The Morgan fingerprint density at radius 1 is 1.27 bits per heavy atom. The van der Waals surface area contributed by atoms with Gasteiger partial charge in [-0.1, -0.05) is 18.6 Å². The predicted molar refractivity (Wildman–Crippen MR) is 87.7 cm³/mol. The second kappa shape index (κ2) is 8.42. The van der Waals surface area contributed by atoms with Gasteiger partial charge in [-0.05, 0) is 37.8 Å². The lowest BCUT2D eigenvalue weighted by atomic mass is 9.81. The van der Waals surface area contributed by atoms with E-state index in [0.717, 1.165) is 5.56 Å². The number of benzene rings is 1. The van der Waals surface area contributed by atoms with E-state index in [1.54, 1.807) is 19.1 Å². The van der Waals surface area contributed by atoms with Gasteiger partial charge in [-0.15, -0.1) is 0 Å². The van der Waals surface area contributed by atoms with Gasteiger partial charge in [-0.3, -0.25) is 9.59 Å². The molecule has 2 atom stereocenters. The van der Waals surface area contributed by atoms with Gasteiger partial charge in [0.25, 0.3) is 0 Å². The maximum Gasteiger partial charge on any atom is 0.422 e. The molecule has 1 aliphatic carbocycles. The molecule has 1 amide bonds. The third-order valence-electron chi connectivity index (χ3n) is 4.46. The van der Waals surface area contributed by atoms with E-state index in [4.69, 9.17) is 9.84 Å². The lowest BCUT2D eigenvalue weighted by molar-refractivity contribution is -0.153. The molecule has 0 spiro atoms. The highest BCUT2D eigenvalue weighted by Crippen LogP contribution is 2.30. The van der Waals surface area contributed by atoms with Gasteiger partial charge in [-0.2, -0.15) is 13.2 Å². The predicted octanol–water partition coefficient (Wildman–Crippen LogP) is 3.44. The number of halogens is 3. The standard InChI is InChI=1S/C18H22F3NO4/c1-11-5-6-14(15(7-11)26-10-18(19,20)21)9-22-16(23)12-3-2-4-13(8-12)17(24)25/h5-7,12-13H,2-4,8-10H2,1H3,(H,22,23)(H,24,25). The van der Waals surface area contributed by atoms with Crippen LogP contribution in [0.25, 0.3) is 0 Å². The number of aryl methyl sites for hydroxylation is 1. The first-order valence-electron chi connectivity index (χ1n) is 8.45. The number of rotatable bonds is 6. The first-order chi connectivity index (χ1) is 12.2. The Labute approximate surface area is 149 Å². The van der Waals surface area contributed by atoms with Gasteiger partial charge in [0.1, 0.15) is 5.75 Å². The van der Waals surface area contributed by atoms with E-state index in [1.165, 1.54) is 6.07 Å². The van der Waals surface area contributed by atoms with Crippen LogP contribution in [0, 0.1) is 18.8 Å². The minimum atomic E-state index is -4.45. The molecule has 0 aromatic heterocycles. The van der Waals surface area contributed by atoms with Crippen molar-refractivity contribution in [1.82, 2.24) is 5.32 Å². The van der Waals surface area contributed by atoms with Crippen LogP contribution >= 0.6 is 0 Å². The van der Waals surface area contributed by atoms with Gasteiger partial charge < -0.3 is 15.2 Å². The number of nitrogens with one attached hydrogen (secondary N) is 1. The largest absolute Gasteiger partial charge is 0.484 e. The van der Waals surface area contributed by atoms with Gasteiger partial charge in [0, 0.05) is 18.0 Å². The van der Waals surface area contributed by atoms with Crippen molar-refractivity contribution in [3.63, 3.8) is 0 Å². The van der Waals surface area contributed by atoms with E-state index >= 15 is 0 Å². The summed E-state index contributed by atoms with van der Waals surface area (Å²) >= 11 is 0. The number of alkyl halides is 3.